The highest BCUT2D eigenvalue weighted by Gasteiger charge is 2.09. The molecule has 0 unspecified atom stereocenters. The Hall–Kier alpha value is -1.94. The molecule has 0 aliphatic carbocycles. The van der Waals surface area contributed by atoms with Gasteiger partial charge in [0, 0.05) is 11.8 Å². The number of hydrogen-bond acceptors (Lipinski definition) is 3. The molecule has 2 rings (SSSR count). The maximum Gasteiger partial charge on any atom is 0.285 e. The topological polar surface area (TPSA) is 52.0 Å². The Balaban J connectivity index is 2.24. The van der Waals surface area contributed by atoms with Crippen LogP contribution in [0.15, 0.2) is 41.3 Å². The summed E-state index contributed by atoms with van der Waals surface area (Å²) in [5.41, 5.74) is 1.17. The second-order valence-electron chi connectivity index (χ2n) is 3.93. The van der Waals surface area contributed by atoms with E-state index in [-0.39, 0.29) is 17.4 Å². The molecule has 0 amide bonds. The smallest absolute Gasteiger partial charge is 0.285 e. The minimum Gasteiger partial charge on any atom is -0.292 e. The third-order valence-electron chi connectivity index (χ3n) is 2.53. The molecule has 0 N–H and O–H groups in total. The van der Waals surface area contributed by atoms with Gasteiger partial charge in [-0.15, -0.1) is 0 Å². The lowest BCUT2D eigenvalue weighted by molar-refractivity contribution is 0.0965. The number of nitrogens with zero attached hydrogens (tertiary/aromatic N) is 2. The summed E-state index contributed by atoms with van der Waals surface area (Å²) in [5.74, 6) is -0.174. The molecule has 0 atom stereocenters. The van der Waals surface area contributed by atoms with Crippen LogP contribution in [0.25, 0.3) is 0 Å². The first-order valence-electron chi connectivity index (χ1n) is 5.39. The normalized spacial score (nSPS) is 10.3. The van der Waals surface area contributed by atoms with E-state index < -0.39 is 5.56 Å². The Bertz CT molecular complexity index is 632. The van der Waals surface area contributed by atoms with Gasteiger partial charge in [-0.2, -0.15) is 5.10 Å². The summed E-state index contributed by atoms with van der Waals surface area (Å²) in [4.78, 5) is 23.6. The number of carbonyl (C=O) groups is 1. The second kappa shape index (κ2) is 5.14. The van der Waals surface area contributed by atoms with Crippen molar-refractivity contribution in [2.75, 3.05) is 0 Å². The SMILES string of the molecule is Cc1ccc(C(=O)Cn2nccc(Cl)c2=O)cc1. The summed E-state index contributed by atoms with van der Waals surface area (Å²) in [6, 6.07) is 8.56. The Kier molecular flexibility index (Phi) is 3.58. The van der Waals surface area contributed by atoms with Gasteiger partial charge in [0.05, 0.1) is 0 Å². The molecule has 0 aliphatic heterocycles. The average molecular weight is 263 g/mol. The van der Waals surface area contributed by atoms with Gasteiger partial charge in [-0.05, 0) is 13.0 Å². The average Bonchev–Trinajstić information content (AvgIpc) is 2.36. The molecule has 1 aromatic carbocycles. The maximum absolute atomic E-state index is 11.9. The van der Waals surface area contributed by atoms with Crippen LogP contribution in [-0.2, 0) is 6.54 Å². The highest BCUT2D eigenvalue weighted by molar-refractivity contribution is 6.30. The van der Waals surface area contributed by atoms with Gasteiger partial charge in [-0.25, -0.2) is 4.68 Å². The van der Waals surface area contributed by atoms with Gasteiger partial charge in [0.2, 0.25) is 0 Å². The van der Waals surface area contributed by atoms with Crippen LogP contribution in [0.2, 0.25) is 5.02 Å². The lowest BCUT2D eigenvalue weighted by atomic mass is 10.1. The van der Waals surface area contributed by atoms with E-state index in [0.717, 1.165) is 10.2 Å². The zero-order chi connectivity index (χ0) is 13.1. The van der Waals surface area contributed by atoms with Crippen LogP contribution >= 0.6 is 11.6 Å². The van der Waals surface area contributed by atoms with Crippen LogP contribution in [0.3, 0.4) is 0 Å². The number of rotatable bonds is 3. The van der Waals surface area contributed by atoms with Crippen molar-refractivity contribution in [1.82, 2.24) is 9.78 Å². The van der Waals surface area contributed by atoms with Crippen molar-refractivity contribution in [2.24, 2.45) is 0 Å². The Morgan fingerprint density at radius 2 is 1.94 bits per heavy atom. The number of aryl methyl sites for hydroxylation is 1. The zero-order valence-corrected chi connectivity index (χ0v) is 10.5. The van der Waals surface area contributed by atoms with Gasteiger partial charge >= 0.3 is 0 Å². The van der Waals surface area contributed by atoms with Gasteiger partial charge in [-0.1, -0.05) is 41.4 Å². The zero-order valence-electron chi connectivity index (χ0n) is 9.76. The fourth-order valence-electron chi connectivity index (χ4n) is 1.51. The van der Waals surface area contributed by atoms with Crippen molar-refractivity contribution < 1.29 is 4.79 Å². The predicted molar refractivity (Wildman–Crippen MR) is 69.0 cm³/mol. The third kappa shape index (κ3) is 2.65. The highest BCUT2D eigenvalue weighted by atomic mass is 35.5. The number of benzene rings is 1. The van der Waals surface area contributed by atoms with Crippen LogP contribution in [-0.4, -0.2) is 15.6 Å². The summed E-state index contributed by atoms with van der Waals surface area (Å²) < 4.78 is 1.06. The minimum atomic E-state index is -0.459. The van der Waals surface area contributed by atoms with Crippen molar-refractivity contribution in [1.29, 1.82) is 0 Å². The van der Waals surface area contributed by atoms with E-state index in [1.807, 2.05) is 19.1 Å². The lowest BCUT2D eigenvalue weighted by Crippen LogP contribution is -2.26. The van der Waals surface area contributed by atoms with E-state index >= 15 is 0 Å². The quantitative estimate of drug-likeness (QED) is 0.796. The monoisotopic (exact) mass is 262 g/mol. The summed E-state index contributed by atoms with van der Waals surface area (Å²) in [6.45, 7) is 1.83. The number of aromatic nitrogens is 2. The van der Waals surface area contributed by atoms with Gasteiger partial charge in [-0.3, -0.25) is 9.59 Å². The van der Waals surface area contributed by atoms with Gasteiger partial charge in [0.25, 0.3) is 5.56 Å². The molecule has 0 bridgehead atoms. The van der Waals surface area contributed by atoms with E-state index in [0.29, 0.717) is 5.56 Å². The number of Topliss-reactive ketones (excluding diaryl/α,β-unsaturated/α-hetero) is 1. The van der Waals surface area contributed by atoms with Crippen LogP contribution in [0, 0.1) is 6.92 Å². The van der Waals surface area contributed by atoms with Crippen molar-refractivity contribution >= 4 is 17.4 Å². The molecule has 0 fully saturated rings. The van der Waals surface area contributed by atoms with Crippen LogP contribution in [0.5, 0.6) is 0 Å². The number of halogens is 1. The minimum absolute atomic E-state index is 0.0571. The standard InChI is InChI=1S/C13H11ClN2O2/c1-9-2-4-10(5-3-9)12(17)8-16-13(18)11(14)6-7-15-16/h2-7H,8H2,1H3. The second-order valence-corrected chi connectivity index (χ2v) is 4.34. The summed E-state index contributed by atoms with van der Waals surface area (Å²) in [6.07, 6.45) is 1.39. The third-order valence-corrected chi connectivity index (χ3v) is 2.82. The van der Waals surface area contributed by atoms with Crippen molar-refractivity contribution in [3.05, 3.63) is 63.0 Å². The molecule has 0 aliphatic rings. The molecule has 18 heavy (non-hydrogen) atoms. The molecule has 5 heteroatoms. The molecule has 0 saturated heterocycles. The molecule has 4 nitrogen and oxygen atoms in total. The summed E-state index contributed by atoms with van der Waals surface area (Å²) in [5, 5.41) is 3.88. The van der Waals surface area contributed by atoms with Gasteiger partial charge < -0.3 is 0 Å². The van der Waals surface area contributed by atoms with Crippen LogP contribution < -0.4 is 5.56 Å². The Morgan fingerprint density at radius 1 is 1.28 bits per heavy atom. The first-order chi connectivity index (χ1) is 8.58. The molecule has 0 radical (unpaired) electrons. The number of ketones is 1. The van der Waals surface area contributed by atoms with E-state index in [4.69, 9.17) is 11.6 Å². The Labute approximate surface area is 109 Å². The molecule has 1 aromatic heterocycles. The molecule has 92 valence electrons. The number of hydrogen-bond donors (Lipinski definition) is 0. The maximum atomic E-state index is 11.9. The fourth-order valence-corrected chi connectivity index (χ4v) is 1.66. The van der Waals surface area contributed by atoms with E-state index in [1.165, 1.54) is 12.3 Å². The van der Waals surface area contributed by atoms with Crippen molar-refractivity contribution in [3.63, 3.8) is 0 Å². The van der Waals surface area contributed by atoms with Crippen molar-refractivity contribution in [3.8, 4) is 0 Å². The Morgan fingerprint density at radius 3 is 2.61 bits per heavy atom. The first kappa shape index (κ1) is 12.5. The lowest BCUT2D eigenvalue weighted by Gasteiger charge is -2.04. The molecule has 2 aromatic rings. The molecule has 1 heterocycles. The number of carbonyl (C=O) groups excluding carboxylic acids is 1. The van der Waals surface area contributed by atoms with Crippen LogP contribution in [0.4, 0.5) is 0 Å². The van der Waals surface area contributed by atoms with Gasteiger partial charge in [0.15, 0.2) is 5.78 Å². The summed E-state index contributed by atoms with van der Waals surface area (Å²) >= 11 is 5.68. The van der Waals surface area contributed by atoms with E-state index in [1.54, 1.807) is 12.1 Å². The first-order valence-corrected chi connectivity index (χ1v) is 5.77. The highest BCUT2D eigenvalue weighted by Crippen LogP contribution is 2.05. The molecular formula is C13H11ClN2O2. The van der Waals surface area contributed by atoms with Gasteiger partial charge in [0.1, 0.15) is 11.6 Å². The molecule has 0 spiro atoms. The largest absolute Gasteiger partial charge is 0.292 e. The predicted octanol–water partition coefficient (Wildman–Crippen LogP) is 2.09. The van der Waals surface area contributed by atoms with E-state index in [9.17, 15) is 9.59 Å². The fraction of sp³-hybridized carbons (Fsp3) is 0.154. The molecular weight excluding hydrogens is 252 g/mol. The van der Waals surface area contributed by atoms with Crippen LogP contribution in [0.1, 0.15) is 15.9 Å². The van der Waals surface area contributed by atoms with Crippen molar-refractivity contribution in [2.45, 2.75) is 13.5 Å². The van der Waals surface area contributed by atoms with E-state index in [2.05, 4.69) is 5.10 Å². The molecule has 0 saturated carbocycles. The summed E-state index contributed by atoms with van der Waals surface area (Å²) in [7, 11) is 0.